The summed E-state index contributed by atoms with van der Waals surface area (Å²) in [4.78, 5) is 23.3. The van der Waals surface area contributed by atoms with Crippen molar-refractivity contribution in [2.45, 2.75) is 38.6 Å². The van der Waals surface area contributed by atoms with Crippen molar-refractivity contribution in [3.8, 4) is 5.75 Å². The minimum atomic E-state index is -1.03. The van der Waals surface area contributed by atoms with Crippen molar-refractivity contribution in [3.05, 3.63) is 65.7 Å². The van der Waals surface area contributed by atoms with Crippen molar-refractivity contribution in [1.82, 2.24) is 14.8 Å². The summed E-state index contributed by atoms with van der Waals surface area (Å²) < 4.78 is 21.6. The van der Waals surface area contributed by atoms with Gasteiger partial charge in [-0.3, -0.25) is 4.79 Å². The zero-order valence-electron chi connectivity index (χ0n) is 18.5. The van der Waals surface area contributed by atoms with E-state index >= 15 is 0 Å². The quantitative estimate of drug-likeness (QED) is 0.414. The first kappa shape index (κ1) is 24.2. The Bertz CT molecular complexity index is 1120. The third-order valence-electron chi connectivity index (χ3n) is 4.55. The second-order valence-corrected chi connectivity index (χ2v) is 8.70. The van der Waals surface area contributed by atoms with E-state index < -0.39 is 17.9 Å². The number of carboxylic acids is 1. The highest BCUT2D eigenvalue weighted by Gasteiger charge is 2.22. The average molecular weight is 473 g/mol. The molecule has 2 aromatic carbocycles. The molecular formula is C23H25FN4O4S. The van der Waals surface area contributed by atoms with E-state index in [0.717, 1.165) is 0 Å². The Morgan fingerprint density at radius 3 is 2.45 bits per heavy atom. The number of thioether (sulfide) groups is 1. The number of benzene rings is 2. The van der Waals surface area contributed by atoms with Gasteiger partial charge in [0.1, 0.15) is 0 Å². The number of rotatable bonds is 10. The van der Waals surface area contributed by atoms with Crippen LogP contribution in [-0.2, 0) is 11.3 Å². The Morgan fingerprint density at radius 1 is 1.12 bits per heavy atom. The number of aromatic nitrogens is 3. The molecular weight excluding hydrogens is 447 g/mol. The largest absolute Gasteiger partial charge is 0.480 e. The maximum absolute atomic E-state index is 14.0. The SMILES string of the molecule is CC(C)Cn1c(SCC(=O)Nc2ccc(C(=O)O)cc2)nnc1C(C)Oc1ccccc1F. The number of hydrogen-bond donors (Lipinski definition) is 2. The molecule has 1 aromatic heterocycles. The van der Waals surface area contributed by atoms with Crippen molar-refractivity contribution in [2.75, 3.05) is 11.1 Å². The van der Waals surface area contributed by atoms with E-state index in [9.17, 15) is 14.0 Å². The van der Waals surface area contributed by atoms with E-state index in [-0.39, 0.29) is 28.9 Å². The van der Waals surface area contributed by atoms with Crippen LogP contribution in [0.3, 0.4) is 0 Å². The van der Waals surface area contributed by atoms with Gasteiger partial charge in [-0.15, -0.1) is 10.2 Å². The van der Waals surface area contributed by atoms with Crippen molar-refractivity contribution < 1.29 is 23.8 Å². The number of nitrogens with zero attached hydrogens (tertiary/aromatic N) is 3. The molecule has 174 valence electrons. The van der Waals surface area contributed by atoms with Crippen LogP contribution < -0.4 is 10.1 Å². The molecule has 0 saturated carbocycles. The minimum Gasteiger partial charge on any atom is -0.480 e. The second-order valence-electron chi connectivity index (χ2n) is 7.76. The number of carbonyl (C=O) groups is 2. The van der Waals surface area contributed by atoms with Crippen LogP contribution in [0.1, 0.15) is 43.1 Å². The predicted molar refractivity (Wildman–Crippen MR) is 123 cm³/mol. The summed E-state index contributed by atoms with van der Waals surface area (Å²) in [5.74, 6) is -0.718. The van der Waals surface area contributed by atoms with Gasteiger partial charge in [0, 0.05) is 12.2 Å². The maximum atomic E-state index is 14.0. The Kier molecular flexibility index (Phi) is 8.05. The number of nitrogens with one attached hydrogen (secondary N) is 1. The molecule has 3 rings (SSSR count). The highest BCUT2D eigenvalue weighted by Crippen LogP contribution is 2.27. The van der Waals surface area contributed by atoms with Crippen LogP contribution in [0.15, 0.2) is 53.7 Å². The summed E-state index contributed by atoms with van der Waals surface area (Å²) in [6.07, 6.45) is -0.552. The van der Waals surface area contributed by atoms with Gasteiger partial charge in [-0.05, 0) is 49.2 Å². The van der Waals surface area contributed by atoms with Crippen LogP contribution in [0.4, 0.5) is 10.1 Å². The molecule has 0 radical (unpaired) electrons. The van der Waals surface area contributed by atoms with E-state index in [2.05, 4.69) is 15.5 Å². The summed E-state index contributed by atoms with van der Waals surface area (Å²) in [6.45, 7) is 6.48. The Labute approximate surface area is 195 Å². The van der Waals surface area contributed by atoms with Gasteiger partial charge in [0.2, 0.25) is 5.91 Å². The van der Waals surface area contributed by atoms with Gasteiger partial charge in [0.05, 0.1) is 11.3 Å². The van der Waals surface area contributed by atoms with Gasteiger partial charge in [-0.2, -0.15) is 0 Å². The molecule has 1 atom stereocenters. The number of ether oxygens (including phenoxy) is 1. The summed E-state index contributed by atoms with van der Waals surface area (Å²) in [5, 5.41) is 20.7. The summed E-state index contributed by atoms with van der Waals surface area (Å²) in [6, 6.07) is 12.1. The number of aromatic carboxylic acids is 1. The molecule has 0 spiro atoms. The van der Waals surface area contributed by atoms with Crippen molar-refractivity contribution in [2.24, 2.45) is 5.92 Å². The molecule has 33 heavy (non-hydrogen) atoms. The summed E-state index contributed by atoms with van der Waals surface area (Å²) in [7, 11) is 0. The topological polar surface area (TPSA) is 106 Å². The van der Waals surface area contributed by atoms with E-state index in [0.29, 0.717) is 23.2 Å². The van der Waals surface area contributed by atoms with Gasteiger partial charge in [-0.25, -0.2) is 9.18 Å². The Hall–Kier alpha value is -3.40. The lowest BCUT2D eigenvalue weighted by atomic mass is 10.2. The zero-order valence-corrected chi connectivity index (χ0v) is 19.3. The fraction of sp³-hybridized carbons (Fsp3) is 0.304. The Morgan fingerprint density at radius 2 is 1.82 bits per heavy atom. The molecule has 1 unspecified atom stereocenters. The highest BCUT2D eigenvalue weighted by molar-refractivity contribution is 7.99. The molecule has 1 heterocycles. The lowest BCUT2D eigenvalue weighted by molar-refractivity contribution is -0.113. The van der Waals surface area contributed by atoms with Gasteiger partial charge in [-0.1, -0.05) is 37.7 Å². The molecule has 1 amide bonds. The molecule has 0 saturated heterocycles. The van der Waals surface area contributed by atoms with Gasteiger partial charge >= 0.3 is 5.97 Å². The van der Waals surface area contributed by atoms with Crippen LogP contribution in [0, 0.1) is 11.7 Å². The van der Waals surface area contributed by atoms with Crippen LogP contribution in [0.25, 0.3) is 0 Å². The lowest BCUT2D eigenvalue weighted by Gasteiger charge is -2.18. The summed E-state index contributed by atoms with van der Waals surface area (Å²) >= 11 is 1.23. The van der Waals surface area contributed by atoms with Crippen LogP contribution in [-0.4, -0.2) is 37.5 Å². The lowest BCUT2D eigenvalue weighted by Crippen LogP contribution is -2.17. The summed E-state index contributed by atoms with van der Waals surface area (Å²) in [5.41, 5.74) is 0.644. The molecule has 0 aliphatic rings. The third-order valence-corrected chi connectivity index (χ3v) is 5.51. The molecule has 0 fully saturated rings. The first-order chi connectivity index (χ1) is 15.7. The number of amides is 1. The normalized spacial score (nSPS) is 11.9. The maximum Gasteiger partial charge on any atom is 0.335 e. The highest BCUT2D eigenvalue weighted by atomic mass is 32.2. The fourth-order valence-electron chi connectivity index (χ4n) is 3.05. The number of para-hydroxylation sites is 1. The van der Waals surface area contributed by atoms with Crippen molar-refractivity contribution >= 4 is 29.3 Å². The molecule has 8 nitrogen and oxygen atoms in total. The van der Waals surface area contributed by atoms with Crippen LogP contribution in [0.5, 0.6) is 5.75 Å². The smallest absolute Gasteiger partial charge is 0.335 e. The molecule has 3 aromatic rings. The van der Waals surface area contributed by atoms with Gasteiger partial charge in [0.25, 0.3) is 0 Å². The third kappa shape index (κ3) is 6.55. The van der Waals surface area contributed by atoms with Crippen LogP contribution >= 0.6 is 11.8 Å². The molecule has 10 heteroatoms. The molecule has 0 bridgehead atoms. The van der Waals surface area contributed by atoms with E-state index in [4.69, 9.17) is 9.84 Å². The fourth-order valence-corrected chi connectivity index (χ4v) is 3.81. The number of halogens is 1. The molecule has 0 aliphatic heterocycles. The first-order valence-electron chi connectivity index (χ1n) is 10.3. The van der Waals surface area contributed by atoms with E-state index in [1.165, 1.54) is 42.1 Å². The number of carbonyl (C=O) groups excluding carboxylic acids is 1. The van der Waals surface area contributed by atoms with Crippen molar-refractivity contribution in [3.63, 3.8) is 0 Å². The van der Waals surface area contributed by atoms with E-state index in [1.807, 2.05) is 18.4 Å². The predicted octanol–water partition coefficient (Wildman–Crippen LogP) is 4.64. The van der Waals surface area contributed by atoms with Gasteiger partial charge in [0.15, 0.2) is 28.7 Å². The standard InChI is InChI=1S/C23H25FN4O4S/c1-14(2)12-28-21(15(3)32-19-7-5-4-6-18(19)24)26-27-23(28)33-13-20(29)25-17-10-8-16(9-11-17)22(30)31/h4-11,14-15H,12-13H2,1-3H3,(H,25,29)(H,30,31). The average Bonchev–Trinajstić information content (AvgIpc) is 3.16. The first-order valence-corrected chi connectivity index (χ1v) is 11.3. The van der Waals surface area contributed by atoms with Crippen molar-refractivity contribution in [1.29, 1.82) is 0 Å². The van der Waals surface area contributed by atoms with E-state index in [1.54, 1.807) is 25.1 Å². The second kappa shape index (κ2) is 11.0. The number of carboxylic acid groups (broad SMARTS) is 1. The number of anilines is 1. The molecule has 0 aliphatic carbocycles. The van der Waals surface area contributed by atoms with Gasteiger partial charge < -0.3 is 19.7 Å². The zero-order chi connectivity index (χ0) is 24.0. The minimum absolute atomic E-state index is 0.0828. The van der Waals surface area contributed by atoms with Crippen LogP contribution in [0.2, 0.25) is 0 Å². The monoisotopic (exact) mass is 472 g/mol. The Balaban J connectivity index is 1.68. The number of hydrogen-bond acceptors (Lipinski definition) is 6. The molecule has 2 N–H and O–H groups in total.